The Balaban J connectivity index is 2.40. The van der Waals surface area contributed by atoms with Crippen LogP contribution in [0, 0.1) is 18.3 Å². The molecule has 0 spiro atoms. The molecule has 96 valence electrons. The number of nitriles is 1. The van der Waals surface area contributed by atoms with Crippen molar-refractivity contribution in [3.05, 3.63) is 58.6 Å². The van der Waals surface area contributed by atoms with Crippen LogP contribution in [-0.4, -0.2) is 6.54 Å². The first-order valence-electron chi connectivity index (χ1n) is 6.19. The van der Waals surface area contributed by atoms with Crippen molar-refractivity contribution in [2.75, 3.05) is 11.4 Å². The third kappa shape index (κ3) is 2.89. The molecule has 0 fully saturated rings. The first-order valence-corrected chi connectivity index (χ1v) is 6.57. The smallest absolute Gasteiger partial charge is 0.101 e. The number of hydrogen-bond donors (Lipinski definition) is 0. The Bertz CT molecular complexity index is 612. The van der Waals surface area contributed by atoms with Crippen molar-refractivity contribution in [2.24, 2.45) is 0 Å². The molecule has 0 bridgehead atoms. The molecule has 0 aliphatic carbocycles. The Morgan fingerprint density at radius 2 is 1.74 bits per heavy atom. The first kappa shape index (κ1) is 13.5. The molecule has 0 N–H and O–H groups in total. The van der Waals surface area contributed by atoms with Gasteiger partial charge in [0.2, 0.25) is 0 Å². The van der Waals surface area contributed by atoms with E-state index in [0.717, 1.165) is 17.9 Å². The molecule has 0 amide bonds. The molecule has 0 radical (unpaired) electrons. The molecular weight excluding hydrogens is 256 g/mol. The SMILES string of the molecule is CCN(c1ccc(C)cc1)c1ccc(C#N)c(Cl)c1. The van der Waals surface area contributed by atoms with Gasteiger partial charge in [-0.3, -0.25) is 0 Å². The number of anilines is 2. The average Bonchev–Trinajstić information content (AvgIpc) is 2.42. The van der Waals surface area contributed by atoms with Gasteiger partial charge in [0.1, 0.15) is 6.07 Å². The van der Waals surface area contributed by atoms with Gasteiger partial charge < -0.3 is 4.90 Å². The summed E-state index contributed by atoms with van der Waals surface area (Å²) in [6, 6.07) is 15.9. The van der Waals surface area contributed by atoms with Gasteiger partial charge in [-0.1, -0.05) is 29.3 Å². The minimum absolute atomic E-state index is 0.491. The summed E-state index contributed by atoms with van der Waals surface area (Å²) in [5, 5.41) is 9.40. The molecule has 2 nitrogen and oxygen atoms in total. The van der Waals surface area contributed by atoms with Gasteiger partial charge >= 0.3 is 0 Å². The van der Waals surface area contributed by atoms with E-state index in [2.05, 4.69) is 49.1 Å². The maximum absolute atomic E-state index is 8.90. The molecule has 0 unspecified atom stereocenters. The topological polar surface area (TPSA) is 27.0 Å². The minimum Gasteiger partial charge on any atom is -0.342 e. The van der Waals surface area contributed by atoms with Gasteiger partial charge in [0.05, 0.1) is 10.6 Å². The monoisotopic (exact) mass is 270 g/mol. The van der Waals surface area contributed by atoms with Crippen LogP contribution < -0.4 is 4.90 Å². The maximum Gasteiger partial charge on any atom is 0.101 e. The quantitative estimate of drug-likeness (QED) is 0.810. The lowest BCUT2D eigenvalue weighted by Crippen LogP contribution is -2.15. The zero-order chi connectivity index (χ0) is 13.8. The van der Waals surface area contributed by atoms with Crippen molar-refractivity contribution < 1.29 is 0 Å². The molecule has 0 saturated carbocycles. The molecular formula is C16H15ClN2. The maximum atomic E-state index is 8.90. The number of aryl methyl sites for hydroxylation is 1. The van der Waals surface area contributed by atoms with Crippen LogP contribution in [-0.2, 0) is 0 Å². The van der Waals surface area contributed by atoms with E-state index in [0.29, 0.717) is 10.6 Å². The Labute approximate surface area is 118 Å². The molecule has 0 heterocycles. The Kier molecular flexibility index (Phi) is 4.09. The molecule has 2 rings (SSSR count). The van der Waals surface area contributed by atoms with Gasteiger partial charge in [0.25, 0.3) is 0 Å². The van der Waals surface area contributed by atoms with E-state index in [4.69, 9.17) is 16.9 Å². The molecule has 0 aromatic heterocycles. The van der Waals surface area contributed by atoms with E-state index in [1.165, 1.54) is 5.56 Å². The van der Waals surface area contributed by atoms with E-state index >= 15 is 0 Å². The second-order valence-corrected chi connectivity index (χ2v) is 4.76. The highest BCUT2D eigenvalue weighted by molar-refractivity contribution is 6.32. The second kappa shape index (κ2) is 5.77. The highest BCUT2D eigenvalue weighted by Crippen LogP contribution is 2.29. The summed E-state index contributed by atoms with van der Waals surface area (Å²) in [6.45, 7) is 5.00. The van der Waals surface area contributed by atoms with E-state index < -0.39 is 0 Å². The average molecular weight is 271 g/mol. The molecule has 2 aromatic rings. The van der Waals surface area contributed by atoms with Crippen LogP contribution in [0.5, 0.6) is 0 Å². The van der Waals surface area contributed by atoms with Crippen molar-refractivity contribution in [3.8, 4) is 6.07 Å². The summed E-state index contributed by atoms with van der Waals surface area (Å²) in [6.07, 6.45) is 0. The van der Waals surface area contributed by atoms with Crippen LogP contribution in [0.25, 0.3) is 0 Å². The summed E-state index contributed by atoms with van der Waals surface area (Å²) < 4.78 is 0. The fourth-order valence-corrected chi connectivity index (χ4v) is 2.22. The van der Waals surface area contributed by atoms with Gasteiger partial charge in [0, 0.05) is 17.9 Å². The van der Waals surface area contributed by atoms with E-state index in [1.807, 2.05) is 12.1 Å². The normalized spacial score (nSPS) is 10.0. The highest BCUT2D eigenvalue weighted by Gasteiger charge is 2.09. The third-order valence-electron chi connectivity index (χ3n) is 3.05. The molecule has 3 heteroatoms. The summed E-state index contributed by atoms with van der Waals surface area (Å²) in [5.41, 5.74) is 3.85. The largest absolute Gasteiger partial charge is 0.342 e. The number of halogens is 1. The van der Waals surface area contributed by atoms with Crippen molar-refractivity contribution in [1.82, 2.24) is 0 Å². The zero-order valence-corrected chi connectivity index (χ0v) is 11.8. The summed E-state index contributed by atoms with van der Waals surface area (Å²) in [7, 11) is 0. The number of hydrogen-bond acceptors (Lipinski definition) is 2. The first-order chi connectivity index (χ1) is 9.15. The van der Waals surface area contributed by atoms with Gasteiger partial charge in [0.15, 0.2) is 0 Å². The number of rotatable bonds is 3. The van der Waals surface area contributed by atoms with E-state index in [1.54, 1.807) is 6.07 Å². The van der Waals surface area contributed by atoms with Crippen LogP contribution in [0.2, 0.25) is 5.02 Å². The van der Waals surface area contributed by atoms with Crippen LogP contribution >= 0.6 is 11.6 Å². The fourth-order valence-electron chi connectivity index (χ4n) is 2.00. The summed E-state index contributed by atoms with van der Waals surface area (Å²) >= 11 is 6.09. The molecule has 0 saturated heterocycles. The van der Waals surface area contributed by atoms with Gasteiger partial charge in [-0.25, -0.2) is 0 Å². The second-order valence-electron chi connectivity index (χ2n) is 4.36. The molecule has 0 aliphatic rings. The summed E-state index contributed by atoms with van der Waals surface area (Å²) in [4.78, 5) is 2.16. The summed E-state index contributed by atoms with van der Waals surface area (Å²) in [5.74, 6) is 0. The Morgan fingerprint density at radius 1 is 1.11 bits per heavy atom. The van der Waals surface area contributed by atoms with E-state index in [9.17, 15) is 0 Å². The van der Waals surface area contributed by atoms with Crippen LogP contribution in [0.15, 0.2) is 42.5 Å². The zero-order valence-electron chi connectivity index (χ0n) is 11.0. The standard InChI is InChI=1S/C16H15ClN2/c1-3-19(14-7-4-12(2)5-8-14)15-9-6-13(11-18)16(17)10-15/h4-10H,3H2,1-2H3. The lowest BCUT2D eigenvalue weighted by atomic mass is 10.1. The number of nitrogens with zero attached hydrogens (tertiary/aromatic N) is 2. The third-order valence-corrected chi connectivity index (χ3v) is 3.36. The molecule has 19 heavy (non-hydrogen) atoms. The van der Waals surface area contributed by atoms with E-state index in [-0.39, 0.29) is 0 Å². The van der Waals surface area contributed by atoms with Crippen LogP contribution in [0.1, 0.15) is 18.1 Å². The van der Waals surface area contributed by atoms with Crippen molar-refractivity contribution in [1.29, 1.82) is 5.26 Å². The van der Waals surface area contributed by atoms with Gasteiger partial charge in [-0.05, 0) is 44.2 Å². The Hall–Kier alpha value is -1.98. The fraction of sp³-hybridized carbons (Fsp3) is 0.188. The highest BCUT2D eigenvalue weighted by atomic mass is 35.5. The lowest BCUT2D eigenvalue weighted by molar-refractivity contribution is 1.02. The minimum atomic E-state index is 0.491. The number of benzene rings is 2. The van der Waals surface area contributed by atoms with Gasteiger partial charge in [-0.2, -0.15) is 5.26 Å². The van der Waals surface area contributed by atoms with Crippen LogP contribution in [0.3, 0.4) is 0 Å². The molecule has 2 aromatic carbocycles. The van der Waals surface area contributed by atoms with Crippen molar-refractivity contribution >= 4 is 23.0 Å². The van der Waals surface area contributed by atoms with Crippen molar-refractivity contribution in [2.45, 2.75) is 13.8 Å². The Morgan fingerprint density at radius 3 is 2.26 bits per heavy atom. The van der Waals surface area contributed by atoms with Gasteiger partial charge in [-0.15, -0.1) is 0 Å². The molecule has 0 aliphatic heterocycles. The van der Waals surface area contributed by atoms with Crippen LogP contribution in [0.4, 0.5) is 11.4 Å². The molecule has 0 atom stereocenters. The van der Waals surface area contributed by atoms with Crippen molar-refractivity contribution in [3.63, 3.8) is 0 Å². The predicted octanol–water partition coefficient (Wildman–Crippen LogP) is 4.68. The lowest BCUT2D eigenvalue weighted by Gasteiger charge is -2.23. The predicted molar refractivity (Wildman–Crippen MR) is 80.0 cm³/mol.